The fourth-order valence-corrected chi connectivity index (χ4v) is 9.64. The first kappa shape index (κ1) is 34.4. The number of fused-ring (bicyclic) bond motifs is 9. The van der Waals surface area contributed by atoms with Gasteiger partial charge in [0.2, 0.25) is 5.95 Å². The molecule has 4 heteroatoms. The number of hydrogen-bond acceptors (Lipinski definition) is 3. The predicted octanol–water partition coefficient (Wildman–Crippen LogP) is 14.2. The van der Waals surface area contributed by atoms with Crippen LogP contribution in [0.15, 0.2) is 194 Å². The third-order valence-electron chi connectivity index (χ3n) is 12.7. The highest BCUT2D eigenvalue weighted by Gasteiger charge is 2.36. The van der Waals surface area contributed by atoms with Gasteiger partial charge in [0, 0.05) is 32.9 Å². The summed E-state index contributed by atoms with van der Waals surface area (Å²) in [6.07, 6.45) is 0. The summed E-state index contributed by atoms with van der Waals surface area (Å²) in [6, 6.07) is 69.6. The van der Waals surface area contributed by atoms with E-state index in [1.807, 2.05) is 6.07 Å². The van der Waals surface area contributed by atoms with Crippen molar-refractivity contribution in [2.24, 2.45) is 0 Å². The second-order valence-corrected chi connectivity index (χ2v) is 16.4. The molecule has 0 amide bonds. The Bertz CT molecular complexity index is 3510. The van der Waals surface area contributed by atoms with Gasteiger partial charge in [0.05, 0.1) is 11.0 Å². The average Bonchev–Trinajstić information content (AvgIpc) is 3.77. The maximum absolute atomic E-state index is 5.36. The number of rotatable bonds is 5. The summed E-state index contributed by atoms with van der Waals surface area (Å²) in [5.41, 5.74) is 13.8. The van der Waals surface area contributed by atoms with Gasteiger partial charge in [0.1, 0.15) is 0 Å². The van der Waals surface area contributed by atoms with E-state index in [0.717, 1.165) is 55.0 Å². The first-order valence-electron chi connectivity index (χ1n) is 20.6. The molecule has 0 saturated carbocycles. The summed E-state index contributed by atoms with van der Waals surface area (Å²) in [6.45, 7) is 4.71. The maximum Gasteiger partial charge on any atom is 0.238 e. The Morgan fingerprint density at radius 1 is 0.383 bits per heavy atom. The van der Waals surface area contributed by atoms with E-state index in [2.05, 4.69) is 206 Å². The van der Waals surface area contributed by atoms with Crippen LogP contribution in [0.3, 0.4) is 0 Å². The van der Waals surface area contributed by atoms with Gasteiger partial charge >= 0.3 is 0 Å². The number of hydrogen-bond donors (Lipinski definition) is 0. The van der Waals surface area contributed by atoms with Gasteiger partial charge in [-0.25, -0.2) is 4.98 Å². The normalized spacial score (nSPS) is 13.0. The molecule has 1 aliphatic rings. The molecule has 12 rings (SSSR count). The van der Waals surface area contributed by atoms with E-state index in [-0.39, 0.29) is 5.41 Å². The second kappa shape index (κ2) is 13.2. The number of benzene rings is 9. The first-order valence-corrected chi connectivity index (χ1v) is 20.6. The standard InChI is InChI=1S/C56H38N4/c1-56(2)48-31-30-41(34-47(48)51-43-18-9-8-16-38(43)29-32-49(51)56)44-20-12-21-46-45-19-10-11-22-50(45)60(52(44)46)55-58-53(39-26-23-37(24-27-39)35-13-4-3-5-14-35)57-54(59-55)42-28-25-36-15-6-7-17-40(36)33-42/h3-34H,1-2H3. The third-order valence-corrected chi connectivity index (χ3v) is 12.7. The Morgan fingerprint density at radius 3 is 1.82 bits per heavy atom. The minimum atomic E-state index is -0.117. The molecule has 1 aliphatic carbocycles. The molecule has 0 spiro atoms. The lowest BCUT2D eigenvalue weighted by atomic mass is 9.82. The van der Waals surface area contributed by atoms with Gasteiger partial charge in [-0.15, -0.1) is 0 Å². The molecule has 60 heavy (non-hydrogen) atoms. The van der Waals surface area contributed by atoms with E-state index >= 15 is 0 Å². The van der Waals surface area contributed by atoms with Crippen molar-refractivity contribution in [1.29, 1.82) is 0 Å². The summed E-state index contributed by atoms with van der Waals surface area (Å²) < 4.78 is 2.26. The van der Waals surface area contributed by atoms with Gasteiger partial charge < -0.3 is 0 Å². The van der Waals surface area contributed by atoms with Crippen molar-refractivity contribution in [2.45, 2.75) is 19.3 Å². The van der Waals surface area contributed by atoms with Crippen molar-refractivity contribution >= 4 is 43.4 Å². The van der Waals surface area contributed by atoms with Crippen molar-refractivity contribution in [1.82, 2.24) is 19.5 Å². The molecular weight excluding hydrogens is 729 g/mol. The highest BCUT2D eigenvalue weighted by Crippen LogP contribution is 2.52. The van der Waals surface area contributed by atoms with Crippen LogP contribution in [-0.4, -0.2) is 19.5 Å². The van der Waals surface area contributed by atoms with E-state index in [0.29, 0.717) is 17.6 Å². The largest absolute Gasteiger partial charge is 0.277 e. The van der Waals surface area contributed by atoms with Gasteiger partial charge in [-0.3, -0.25) is 4.57 Å². The van der Waals surface area contributed by atoms with Crippen LogP contribution in [0.25, 0.3) is 105 Å². The molecule has 0 bridgehead atoms. The van der Waals surface area contributed by atoms with Crippen molar-refractivity contribution in [3.63, 3.8) is 0 Å². The van der Waals surface area contributed by atoms with Gasteiger partial charge in [0.25, 0.3) is 0 Å². The van der Waals surface area contributed by atoms with Crippen molar-refractivity contribution in [2.75, 3.05) is 0 Å². The maximum atomic E-state index is 5.36. The molecule has 0 fully saturated rings. The highest BCUT2D eigenvalue weighted by molar-refractivity contribution is 6.14. The average molecular weight is 767 g/mol. The molecule has 9 aromatic carbocycles. The fourth-order valence-electron chi connectivity index (χ4n) is 9.64. The summed E-state index contributed by atoms with van der Waals surface area (Å²) in [5.74, 6) is 1.82. The lowest BCUT2D eigenvalue weighted by molar-refractivity contribution is 0.661. The quantitative estimate of drug-likeness (QED) is 0.175. The van der Waals surface area contributed by atoms with Crippen molar-refractivity contribution in [3.8, 4) is 62.1 Å². The van der Waals surface area contributed by atoms with Crippen LogP contribution < -0.4 is 0 Å². The predicted molar refractivity (Wildman–Crippen MR) is 248 cm³/mol. The first-order chi connectivity index (χ1) is 29.5. The second-order valence-electron chi connectivity index (χ2n) is 16.4. The van der Waals surface area contributed by atoms with Crippen LogP contribution >= 0.6 is 0 Å². The van der Waals surface area contributed by atoms with Crippen molar-refractivity contribution in [3.05, 3.63) is 205 Å². The molecule has 4 nitrogen and oxygen atoms in total. The van der Waals surface area contributed by atoms with E-state index in [1.165, 1.54) is 44.0 Å². The monoisotopic (exact) mass is 766 g/mol. The summed E-state index contributed by atoms with van der Waals surface area (Å²) in [4.78, 5) is 15.9. The van der Waals surface area contributed by atoms with Crippen LogP contribution in [-0.2, 0) is 5.41 Å². The third kappa shape index (κ3) is 5.27. The Labute approximate surface area is 348 Å². The molecule has 282 valence electrons. The molecule has 2 aromatic heterocycles. The Morgan fingerprint density at radius 2 is 0.983 bits per heavy atom. The zero-order valence-corrected chi connectivity index (χ0v) is 33.3. The molecule has 0 aliphatic heterocycles. The Kier molecular flexibility index (Phi) is 7.54. The lowest BCUT2D eigenvalue weighted by Gasteiger charge is -2.21. The molecular formula is C56H38N4. The minimum absolute atomic E-state index is 0.117. The van der Waals surface area contributed by atoms with Crippen LogP contribution in [0, 0.1) is 0 Å². The molecule has 0 N–H and O–H groups in total. The van der Waals surface area contributed by atoms with Gasteiger partial charge in [0.15, 0.2) is 11.6 Å². The van der Waals surface area contributed by atoms with Crippen LogP contribution in [0.2, 0.25) is 0 Å². The molecule has 11 aromatic rings. The van der Waals surface area contributed by atoms with Gasteiger partial charge in [-0.1, -0.05) is 190 Å². The Balaban J connectivity index is 1.10. The van der Waals surface area contributed by atoms with Crippen LogP contribution in [0.5, 0.6) is 0 Å². The Hall–Kier alpha value is -7.69. The van der Waals surface area contributed by atoms with Gasteiger partial charge in [-0.05, 0) is 78.7 Å². The minimum Gasteiger partial charge on any atom is -0.277 e. The highest BCUT2D eigenvalue weighted by atomic mass is 15.2. The summed E-state index contributed by atoms with van der Waals surface area (Å²) in [7, 11) is 0. The molecule has 0 unspecified atom stereocenters. The fraction of sp³-hybridized carbons (Fsp3) is 0.0536. The van der Waals surface area contributed by atoms with Crippen LogP contribution in [0.4, 0.5) is 0 Å². The SMILES string of the molecule is CC1(C)c2ccc(-c3cccc4c5ccccc5n(-c5nc(-c6ccc(-c7ccccc7)cc6)nc(-c6ccc7ccccc7c6)n5)c34)cc2-c2c1ccc1ccccc21. The molecule has 0 saturated heterocycles. The number of para-hydroxylation sites is 2. The summed E-state index contributed by atoms with van der Waals surface area (Å²) >= 11 is 0. The lowest BCUT2D eigenvalue weighted by Crippen LogP contribution is -2.14. The molecule has 2 heterocycles. The van der Waals surface area contributed by atoms with Crippen molar-refractivity contribution < 1.29 is 0 Å². The summed E-state index contributed by atoms with van der Waals surface area (Å²) in [5, 5.41) is 7.16. The van der Waals surface area contributed by atoms with Gasteiger partial charge in [-0.2, -0.15) is 9.97 Å². The molecule has 0 atom stereocenters. The molecule has 0 radical (unpaired) electrons. The van der Waals surface area contributed by atoms with E-state index < -0.39 is 0 Å². The smallest absolute Gasteiger partial charge is 0.238 e. The number of aromatic nitrogens is 4. The van der Waals surface area contributed by atoms with E-state index in [4.69, 9.17) is 15.0 Å². The zero-order chi connectivity index (χ0) is 40.0. The number of nitrogens with zero attached hydrogens (tertiary/aromatic N) is 4. The van der Waals surface area contributed by atoms with Crippen LogP contribution in [0.1, 0.15) is 25.0 Å². The van der Waals surface area contributed by atoms with E-state index in [1.54, 1.807) is 0 Å². The topological polar surface area (TPSA) is 43.6 Å². The van der Waals surface area contributed by atoms with E-state index in [9.17, 15) is 0 Å². The zero-order valence-electron chi connectivity index (χ0n) is 33.3.